The molecule has 38 heavy (non-hydrogen) atoms. The average molecular weight is 535 g/mol. The number of carbonyl (C=O) groups is 2. The van der Waals surface area contributed by atoms with Gasteiger partial charge >= 0.3 is 6.09 Å². The second-order valence-electron chi connectivity index (χ2n) is 11.2. The molecule has 1 unspecified atom stereocenters. The molecule has 2 aromatic carbocycles. The number of benzene rings is 2. The minimum absolute atomic E-state index is 0.0151. The standard InChI is InChI=1S/C30H35ClN4O3/c1-30(2,3)38-29(37)33-15-12-22(13-16-33)27-26(19-32-35(27)25-11-7-10-24(31)18-25)28(36)34-17-14-23(20-34)21-8-5-4-6-9-21/h4-11,18-19,22-23H,12-17,20H2,1-3H3. The Morgan fingerprint density at radius 2 is 1.61 bits per heavy atom. The van der Waals surface area contributed by atoms with Crippen molar-refractivity contribution in [3.05, 3.63) is 82.6 Å². The smallest absolute Gasteiger partial charge is 0.410 e. The van der Waals surface area contributed by atoms with Crippen molar-refractivity contribution in [2.24, 2.45) is 0 Å². The summed E-state index contributed by atoms with van der Waals surface area (Å²) in [5, 5.41) is 5.29. The highest BCUT2D eigenvalue weighted by atomic mass is 35.5. The summed E-state index contributed by atoms with van der Waals surface area (Å²) in [5.74, 6) is 0.423. The Labute approximate surface area is 229 Å². The zero-order valence-corrected chi connectivity index (χ0v) is 23.0. The number of hydrogen-bond acceptors (Lipinski definition) is 4. The third-order valence-corrected chi connectivity index (χ3v) is 7.60. The number of hydrogen-bond donors (Lipinski definition) is 0. The fourth-order valence-corrected chi connectivity index (χ4v) is 5.69. The number of ether oxygens (including phenoxy) is 1. The van der Waals surface area contributed by atoms with E-state index in [9.17, 15) is 9.59 Å². The summed E-state index contributed by atoms with van der Waals surface area (Å²) >= 11 is 6.31. The van der Waals surface area contributed by atoms with E-state index >= 15 is 0 Å². The van der Waals surface area contributed by atoms with Crippen molar-refractivity contribution in [2.75, 3.05) is 26.2 Å². The predicted molar refractivity (Wildman–Crippen MR) is 148 cm³/mol. The van der Waals surface area contributed by atoms with Gasteiger partial charge < -0.3 is 14.5 Å². The van der Waals surface area contributed by atoms with Crippen LogP contribution in [0.25, 0.3) is 5.69 Å². The molecule has 0 spiro atoms. The zero-order chi connectivity index (χ0) is 26.9. The maximum atomic E-state index is 13.9. The van der Waals surface area contributed by atoms with Gasteiger partial charge in [0, 0.05) is 43.0 Å². The molecule has 0 radical (unpaired) electrons. The second-order valence-corrected chi connectivity index (χ2v) is 11.7. The number of halogens is 1. The van der Waals surface area contributed by atoms with Crippen molar-refractivity contribution in [1.82, 2.24) is 19.6 Å². The lowest BCUT2D eigenvalue weighted by atomic mass is 9.90. The van der Waals surface area contributed by atoms with Crippen molar-refractivity contribution in [3.8, 4) is 5.69 Å². The normalized spacial score (nSPS) is 18.6. The van der Waals surface area contributed by atoms with Gasteiger partial charge in [-0.1, -0.05) is 48.0 Å². The lowest BCUT2D eigenvalue weighted by Crippen LogP contribution is -2.41. The molecule has 2 fully saturated rings. The Hall–Kier alpha value is -3.32. The maximum Gasteiger partial charge on any atom is 0.410 e. The summed E-state index contributed by atoms with van der Waals surface area (Å²) in [6.45, 7) is 8.17. The van der Waals surface area contributed by atoms with Gasteiger partial charge in [-0.05, 0) is 63.8 Å². The van der Waals surface area contributed by atoms with E-state index in [0.29, 0.717) is 36.1 Å². The summed E-state index contributed by atoms with van der Waals surface area (Å²) in [6.07, 6.45) is 3.80. The van der Waals surface area contributed by atoms with E-state index in [1.54, 1.807) is 11.1 Å². The molecule has 0 saturated carbocycles. The summed E-state index contributed by atoms with van der Waals surface area (Å²) in [5.41, 5.74) is 3.09. The van der Waals surface area contributed by atoms with Gasteiger partial charge in [-0.3, -0.25) is 4.79 Å². The molecule has 7 nitrogen and oxygen atoms in total. The lowest BCUT2D eigenvalue weighted by Gasteiger charge is -2.34. The SMILES string of the molecule is CC(C)(C)OC(=O)N1CCC(c2c(C(=O)N3CCC(c4ccccc4)C3)cnn2-c2cccc(Cl)c2)CC1. The summed E-state index contributed by atoms with van der Waals surface area (Å²) < 4.78 is 7.44. The zero-order valence-electron chi connectivity index (χ0n) is 22.3. The molecule has 3 heterocycles. The van der Waals surface area contributed by atoms with Crippen LogP contribution in [-0.4, -0.2) is 63.4 Å². The minimum atomic E-state index is -0.536. The molecule has 2 aliphatic rings. The topological polar surface area (TPSA) is 67.7 Å². The lowest BCUT2D eigenvalue weighted by molar-refractivity contribution is 0.0203. The number of carbonyl (C=O) groups excluding carboxylic acids is 2. The number of amides is 2. The van der Waals surface area contributed by atoms with Gasteiger partial charge in [0.05, 0.1) is 23.1 Å². The second kappa shape index (κ2) is 10.8. The van der Waals surface area contributed by atoms with Crippen LogP contribution in [0.15, 0.2) is 60.8 Å². The number of piperidine rings is 1. The Balaban J connectivity index is 1.40. The maximum absolute atomic E-state index is 13.9. The molecule has 1 atom stereocenters. The predicted octanol–water partition coefficient (Wildman–Crippen LogP) is 6.27. The highest BCUT2D eigenvalue weighted by Crippen LogP contribution is 2.35. The van der Waals surface area contributed by atoms with Crippen molar-refractivity contribution in [1.29, 1.82) is 0 Å². The summed E-state index contributed by atoms with van der Waals surface area (Å²) in [7, 11) is 0. The molecule has 2 amide bonds. The van der Waals surface area contributed by atoms with E-state index in [0.717, 1.165) is 37.2 Å². The molecule has 200 valence electrons. The van der Waals surface area contributed by atoms with E-state index in [2.05, 4.69) is 29.4 Å². The van der Waals surface area contributed by atoms with E-state index in [1.807, 2.05) is 60.7 Å². The molecule has 2 saturated heterocycles. The van der Waals surface area contributed by atoms with Crippen molar-refractivity contribution >= 4 is 23.6 Å². The molecular weight excluding hydrogens is 500 g/mol. The van der Waals surface area contributed by atoms with Crippen LogP contribution in [-0.2, 0) is 4.74 Å². The third kappa shape index (κ3) is 5.73. The Morgan fingerprint density at radius 3 is 2.29 bits per heavy atom. The molecule has 2 aliphatic heterocycles. The molecule has 0 bridgehead atoms. The van der Waals surface area contributed by atoms with Gasteiger partial charge in [0.1, 0.15) is 5.60 Å². The first-order valence-corrected chi connectivity index (χ1v) is 13.7. The highest BCUT2D eigenvalue weighted by Gasteiger charge is 2.35. The van der Waals surface area contributed by atoms with Gasteiger partial charge in [-0.2, -0.15) is 5.10 Å². The Morgan fingerprint density at radius 1 is 0.921 bits per heavy atom. The van der Waals surface area contributed by atoms with Gasteiger partial charge in [0.2, 0.25) is 0 Å². The molecule has 1 aromatic heterocycles. The number of aromatic nitrogens is 2. The van der Waals surface area contributed by atoms with Gasteiger partial charge in [0.25, 0.3) is 5.91 Å². The minimum Gasteiger partial charge on any atom is -0.444 e. The summed E-state index contributed by atoms with van der Waals surface area (Å²) in [6, 6.07) is 17.9. The Bertz CT molecular complexity index is 1290. The van der Waals surface area contributed by atoms with Crippen LogP contribution in [0.5, 0.6) is 0 Å². The first-order valence-electron chi connectivity index (χ1n) is 13.4. The van der Waals surface area contributed by atoms with E-state index in [-0.39, 0.29) is 17.9 Å². The fraction of sp³-hybridized carbons (Fsp3) is 0.433. The van der Waals surface area contributed by atoms with Gasteiger partial charge in [-0.15, -0.1) is 0 Å². The van der Waals surface area contributed by atoms with Crippen molar-refractivity contribution < 1.29 is 14.3 Å². The quantitative estimate of drug-likeness (QED) is 0.395. The van der Waals surface area contributed by atoms with Crippen molar-refractivity contribution in [2.45, 2.75) is 57.5 Å². The highest BCUT2D eigenvalue weighted by molar-refractivity contribution is 6.30. The third-order valence-electron chi connectivity index (χ3n) is 7.37. The molecule has 0 aliphatic carbocycles. The van der Waals surface area contributed by atoms with Crippen LogP contribution < -0.4 is 0 Å². The molecule has 8 heteroatoms. The number of rotatable bonds is 4. The van der Waals surface area contributed by atoms with E-state index in [1.165, 1.54) is 5.56 Å². The fourth-order valence-electron chi connectivity index (χ4n) is 5.50. The van der Waals surface area contributed by atoms with E-state index < -0.39 is 5.60 Å². The van der Waals surface area contributed by atoms with Crippen LogP contribution in [0, 0.1) is 0 Å². The molecular formula is C30H35ClN4O3. The Kier molecular flexibility index (Phi) is 7.48. The largest absolute Gasteiger partial charge is 0.444 e. The molecule has 0 N–H and O–H groups in total. The van der Waals surface area contributed by atoms with Crippen LogP contribution in [0.1, 0.15) is 73.5 Å². The van der Waals surface area contributed by atoms with Gasteiger partial charge in [-0.25, -0.2) is 9.48 Å². The van der Waals surface area contributed by atoms with Gasteiger partial charge in [0.15, 0.2) is 0 Å². The number of nitrogens with zero attached hydrogens (tertiary/aromatic N) is 4. The number of likely N-dealkylation sites (tertiary alicyclic amines) is 2. The van der Waals surface area contributed by atoms with Crippen LogP contribution in [0.4, 0.5) is 4.79 Å². The first kappa shape index (κ1) is 26.3. The van der Waals surface area contributed by atoms with Crippen molar-refractivity contribution in [3.63, 3.8) is 0 Å². The first-order chi connectivity index (χ1) is 18.2. The van der Waals surface area contributed by atoms with Crippen LogP contribution >= 0.6 is 11.6 Å². The van der Waals surface area contributed by atoms with Crippen LogP contribution in [0.3, 0.4) is 0 Å². The average Bonchev–Trinajstić information content (AvgIpc) is 3.56. The monoisotopic (exact) mass is 534 g/mol. The van der Waals surface area contributed by atoms with Crippen LogP contribution in [0.2, 0.25) is 5.02 Å². The molecule has 5 rings (SSSR count). The van der Waals surface area contributed by atoms with E-state index in [4.69, 9.17) is 16.3 Å². The summed E-state index contributed by atoms with van der Waals surface area (Å²) in [4.78, 5) is 30.2. The molecule has 3 aromatic rings.